The van der Waals surface area contributed by atoms with Crippen LogP contribution in [0.5, 0.6) is 0 Å². The van der Waals surface area contributed by atoms with Crippen LogP contribution in [0.1, 0.15) is 12.5 Å². The van der Waals surface area contributed by atoms with Crippen LogP contribution >= 0.6 is 34.2 Å². The second-order valence-electron chi connectivity index (χ2n) is 3.38. The molecular weight excluding hydrogens is 335 g/mol. The SMILES string of the molecule is CCc1ccc(-c2ncc(I)c(Cl)n2)cc1. The molecule has 0 saturated carbocycles. The molecule has 1 heterocycles. The quantitative estimate of drug-likeness (QED) is 0.609. The molecule has 0 N–H and O–H groups in total. The first-order valence-corrected chi connectivity index (χ1v) is 6.43. The van der Waals surface area contributed by atoms with Gasteiger partial charge in [0.2, 0.25) is 0 Å². The number of nitrogens with zero attached hydrogens (tertiary/aromatic N) is 2. The lowest BCUT2D eigenvalue weighted by Crippen LogP contribution is -1.91. The third kappa shape index (κ3) is 2.52. The first kappa shape index (κ1) is 11.8. The fourth-order valence-corrected chi connectivity index (χ4v) is 1.76. The van der Waals surface area contributed by atoms with Crippen LogP contribution in [0.3, 0.4) is 0 Å². The van der Waals surface area contributed by atoms with Gasteiger partial charge in [-0.3, -0.25) is 0 Å². The van der Waals surface area contributed by atoms with Crippen molar-refractivity contribution >= 4 is 34.2 Å². The van der Waals surface area contributed by atoms with Crippen molar-refractivity contribution in [2.45, 2.75) is 13.3 Å². The van der Waals surface area contributed by atoms with Gasteiger partial charge < -0.3 is 0 Å². The van der Waals surface area contributed by atoms with Crippen LogP contribution in [0, 0.1) is 3.57 Å². The normalized spacial score (nSPS) is 10.4. The van der Waals surface area contributed by atoms with Crippen molar-refractivity contribution in [1.29, 1.82) is 0 Å². The van der Waals surface area contributed by atoms with E-state index < -0.39 is 0 Å². The molecule has 0 aliphatic rings. The highest BCUT2D eigenvalue weighted by Crippen LogP contribution is 2.20. The zero-order chi connectivity index (χ0) is 11.5. The van der Waals surface area contributed by atoms with Crippen molar-refractivity contribution < 1.29 is 0 Å². The summed E-state index contributed by atoms with van der Waals surface area (Å²) >= 11 is 8.08. The molecule has 0 unspecified atom stereocenters. The van der Waals surface area contributed by atoms with Crippen LogP contribution in [0.2, 0.25) is 5.15 Å². The summed E-state index contributed by atoms with van der Waals surface area (Å²) in [5, 5.41) is 0.505. The lowest BCUT2D eigenvalue weighted by Gasteiger charge is -2.02. The zero-order valence-electron chi connectivity index (χ0n) is 8.74. The number of rotatable bonds is 2. The molecule has 0 aliphatic heterocycles. The van der Waals surface area contributed by atoms with Gasteiger partial charge in [-0.1, -0.05) is 42.8 Å². The van der Waals surface area contributed by atoms with Crippen LogP contribution in [-0.2, 0) is 6.42 Å². The molecule has 1 aromatic carbocycles. The van der Waals surface area contributed by atoms with Crippen molar-refractivity contribution in [3.05, 3.63) is 44.7 Å². The molecule has 2 nitrogen and oxygen atoms in total. The molecule has 16 heavy (non-hydrogen) atoms. The summed E-state index contributed by atoms with van der Waals surface area (Å²) < 4.78 is 0.869. The van der Waals surface area contributed by atoms with Crippen LogP contribution in [0.15, 0.2) is 30.5 Å². The van der Waals surface area contributed by atoms with E-state index in [2.05, 4.69) is 51.6 Å². The maximum Gasteiger partial charge on any atom is 0.160 e. The molecule has 0 radical (unpaired) electrons. The van der Waals surface area contributed by atoms with Gasteiger partial charge in [-0.25, -0.2) is 9.97 Å². The van der Waals surface area contributed by atoms with E-state index in [1.165, 1.54) is 5.56 Å². The Hall–Kier alpha value is -0.680. The van der Waals surface area contributed by atoms with E-state index in [4.69, 9.17) is 11.6 Å². The average molecular weight is 345 g/mol. The monoisotopic (exact) mass is 344 g/mol. The Morgan fingerprint density at radius 1 is 1.25 bits per heavy atom. The van der Waals surface area contributed by atoms with Crippen molar-refractivity contribution in [2.75, 3.05) is 0 Å². The molecule has 0 atom stereocenters. The molecule has 0 fully saturated rings. The molecule has 82 valence electrons. The molecule has 2 rings (SSSR count). The minimum atomic E-state index is 0.505. The summed E-state index contributed by atoms with van der Waals surface area (Å²) in [6.45, 7) is 2.13. The number of aromatic nitrogens is 2. The highest BCUT2D eigenvalue weighted by molar-refractivity contribution is 14.1. The van der Waals surface area contributed by atoms with E-state index in [-0.39, 0.29) is 0 Å². The Labute approximate surface area is 113 Å². The Bertz CT molecular complexity index is 497. The molecule has 2 aromatic rings. The van der Waals surface area contributed by atoms with E-state index in [0.29, 0.717) is 11.0 Å². The number of hydrogen-bond acceptors (Lipinski definition) is 2. The van der Waals surface area contributed by atoms with Crippen molar-refractivity contribution in [1.82, 2.24) is 9.97 Å². The molecule has 0 aliphatic carbocycles. The van der Waals surface area contributed by atoms with Gasteiger partial charge in [0.05, 0.1) is 3.57 Å². The molecular formula is C12H10ClIN2. The van der Waals surface area contributed by atoms with E-state index in [1.807, 2.05) is 12.1 Å². The molecule has 0 amide bonds. The maximum absolute atomic E-state index is 5.96. The Morgan fingerprint density at radius 2 is 1.94 bits per heavy atom. The van der Waals surface area contributed by atoms with E-state index in [9.17, 15) is 0 Å². The highest BCUT2D eigenvalue weighted by atomic mass is 127. The lowest BCUT2D eigenvalue weighted by atomic mass is 10.1. The minimum Gasteiger partial charge on any atom is -0.235 e. The van der Waals surface area contributed by atoms with E-state index >= 15 is 0 Å². The third-order valence-electron chi connectivity index (χ3n) is 2.32. The fourth-order valence-electron chi connectivity index (χ4n) is 1.37. The Morgan fingerprint density at radius 3 is 2.50 bits per heavy atom. The predicted octanol–water partition coefficient (Wildman–Crippen LogP) is 3.96. The van der Waals surface area contributed by atoms with Crippen LogP contribution in [-0.4, -0.2) is 9.97 Å². The van der Waals surface area contributed by atoms with Gasteiger partial charge in [0, 0.05) is 11.8 Å². The van der Waals surface area contributed by atoms with Gasteiger partial charge in [-0.15, -0.1) is 0 Å². The maximum atomic E-state index is 5.96. The van der Waals surface area contributed by atoms with Gasteiger partial charge in [-0.2, -0.15) is 0 Å². The number of hydrogen-bond donors (Lipinski definition) is 0. The third-order valence-corrected chi connectivity index (χ3v) is 3.72. The molecule has 0 bridgehead atoms. The van der Waals surface area contributed by atoms with Crippen LogP contribution in [0.25, 0.3) is 11.4 Å². The molecule has 4 heteroatoms. The lowest BCUT2D eigenvalue weighted by molar-refractivity contribution is 1.13. The van der Waals surface area contributed by atoms with Crippen LogP contribution < -0.4 is 0 Å². The first-order chi connectivity index (χ1) is 7.70. The van der Waals surface area contributed by atoms with Gasteiger partial charge >= 0.3 is 0 Å². The van der Waals surface area contributed by atoms with Crippen LogP contribution in [0.4, 0.5) is 0 Å². The smallest absolute Gasteiger partial charge is 0.160 e. The summed E-state index contributed by atoms with van der Waals surface area (Å²) in [7, 11) is 0. The summed E-state index contributed by atoms with van der Waals surface area (Å²) in [6, 6.07) is 8.23. The number of halogens is 2. The highest BCUT2D eigenvalue weighted by Gasteiger charge is 2.04. The van der Waals surface area contributed by atoms with Crippen molar-refractivity contribution in [3.8, 4) is 11.4 Å². The van der Waals surface area contributed by atoms with Gasteiger partial charge in [0.1, 0.15) is 5.15 Å². The Balaban J connectivity index is 2.38. The minimum absolute atomic E-state index is 0.505. The van der Waals surface area contributed by atoms with E-state index in [0.717, 1.165) is 15.6 Å². The first-order valence-electron chi connectivity index (χ1n) is 4.98. The molecule has 0 spiro atoms. The Kier molecular flexibility index (Phi) is 3.76. The summed E-state index contributed by atoms with van der Waals surface area (Å²) in [5.41, 5.74) is 2.30. The summed E-state index contributed by atoms with van der Waals surface area (Å²) in [6.07, 6.45) is 2.77. The predicted molar refractivity (Wildman–Crippen MR) is 74.6 cm³/mol. The number of aryl methyl sites for hydroxylation is 1. The molecule has 0 saturated heterocycles. The average Bonchev–Trinajstić information content (AvgIpc) is 2.33. The largest absolute Gasteiger partial charge is 0.235 e. The summed E-state index contributed by atoms with van der Waals surface area (Å²) in [4.78, 5) is 8.51. The fraction of sp³-hybridized carbons (Fsp3) is 0.167. The van der Waals surface area contributed by atoms with Gasteiger partial charge in [0.15, 0.2) is 5.82 Å². The second kappa shape index (κ2) is 5.10. The summed E-state index contributed by atoms with van der Waals surface area (Å²) in [5.74, 6) is 0.674. The zero-order valence-corrected chi connectivity index (χ0v) is 11.7. The standard InChI is InChI=1S/C12H10ClIN2/c1-2-8-3-5-9(6-4-8)12-15-7-10(14)11(13)16-12/h3-7H,2H2,1H3. The van der Waals surface area contributed by atoms with E-state index in [1.54, 1.807) is 6.20 Å². The van der Waals surface area contributed by atoms with Gasteiger partial charge in [-0.05, 0) is 34.6 Å². The van der Waals surface area contributed by atoms with Gasteiger partial charge in [0.25, 0.3) is 0 Å². The second-order valence-corrected chi connectivity index (χ2v) is 4.90. The molecule has 1 aromatic heterocycles. The number of benzene rings is 1. The van der Waals surface area contributed by atoms with Crippen molar-refractivity contribution in [3.63, 3.8) is 0 Å². The van der Waals surface area contributed by atoms with Crippen molar-refractivity contribution in [2.24, 2.45) is 0 Å². The topological polar surface area (TPSA) is 25.8 Å².